The van der Waals surface area contributed by atoms with E-state index in [4.69, 9.17) is 5.73 Å². The second-order valence-corrected chi connectivity index (χ2v) is 3.54. The van der Waals surface area contributed by atoms with Crippen molar-refractivity contribution in [1.82, 2.24) is 4.98 Å². The van der Waals surface area contributed by atoms with Crippen molar-refractivity contribution < 1.29 is 13.2 Å². The van der Waals surface area contributed by atoms with Crippen LogP contribution in [0.1, 0.15) is 5.56 Å². The predicted octanol–water partition coefficient (Wildman–Crippen LogP) is 1.25. The third-order valence-corrected chi connectivity index (χ3v) is 2.30. The first-order chi connectivity index (χ1) is 6.98. The first-order valence-corrected chi connectivity index (χ1v) is 4.51. The average molecular weight is 217 g/mol. The highest BCUT2D eigenvalue weighted by Gasteiger charge is 2.37. The molecular formula is C9H10F3N3. The first kappa shape index (κ1) is 10.2. The third-order valence-electron chi connectivity index (χ3n) is 2.30. The van der Waals surface area contributed by atoms with Crippen LogP contribution in [0.4, 0.5) is 19.0 Å². The van der Waals surface area contributed by atoms with Gasteiger partial charge in [-0.2, -0.15) is 13.2 Å². The fourth-order valence-electron chi connectivity index (χ4n) is 1.56. The van der Waals surface area contributed by atoms with Gasteiger partial charge in [0, 0.05) is 25.3 Å². The van der Waals surface area contributed by atoms with Crippen LogP contribution in [-0.2, 0) is 6.18 Å². The fraction of sp³-hybridized carbons (Fsp3) is 0.444. The maximum Gasteiger partial charge on any atom is 0.419 e. The van der Waals surface area contributed by atoms with Crippen LogP contribution in [0.25, 0.3) is 0 Å². The number of halogens is 3. The Balaban J connectivity index is 2.31. The van der Waals surface area contributed by atoms with Gasteiger partial charge in [0.2, 0.25) is 0 Å². The van der Waals surface area contributed by atoms with Crippen LogP contribution < -0.4 is 10.6 Å². The van der Waals surface area contributed by atoms with Gasteiger partial charge in [-0.05, 0) is 12.1 Å². The highest BCUT2D eigenvalue weighted by molar-refractivity contribution is 5.50. The highest BCUT2D eigenvalue weighted by Crippen LogP contribution is 2.36. The van der Waals surface area contributed by atoms with E-state index in [9.17, 15) is 13.2 Å². The lowest BCUT2D eigenvalue weighted by Gasteiger charge is -2.38. The van der Waals surface area contributed by atoms with Crippen LogP contribution in [0, 0.1) is 0 Å². The first-order valence-electron chi connectivity index (χ1n) is 4.51. The number of rotatable bonds is 1. The van der Waals surface area contributed by atoms with E-state index in [1.165, 1.54) is 17.2 Å². The molecule has 0 spiro atoms. The third kappa shape index (κ3) is 1.90. The van der Waals surface area contributed by atoms with Crippen LogP contribution >= 0.6 is 0 Å². The number of alkyl halides is 3. The minimum atomic E-state index is -4.36. The molecule has 0 saturated carbocycles. The number of anilines is 1. The molecule has 3 nitrogen and oxygen atoms in total. The van der Waals surface area contributed by atoms with E-state index in [2.05, 4.69) is 4.98 Å². The molecule has 1 saturated heterocycles. The summed E-state index contributed by atoms with van der Waals surface area (Å²) in [6, 6.07) is 2.27. The molecule has 0 amide bonds. The predicted molar refractivity (Wildman–Crippen MR) is 49.4 cm³/mol. The zero-order valence-corrected chi connectivity index (χ0v) is 7.83. The largest absolute Gasteiger partial charge is 0.419 e. The van der Waals surface area contributed by atoms with Gasteiger partial charge in [0.15, 0.2) is 0 Å². The van der Waals surface area contributed by atoms with Crippen molar-refractivity contribution >= 4 is 5.82 Å². The molecule has 1 fully saturated rings. The minimum absolute atomic E-state index is 0.0216. The van der Waals surface area contributed by atoms with Crippen LogP contribution in [0.5, 0.6) is 0 Å². The normalized spacial score (nSPS) is 17.7. The van der Waals surface area contributed by atoms with E-state index in [0.717, 1.165) is 6.07 Å². The molecule has 6 heteroatoms. The number of hydrogen-bond acceptors (Lipinski definition) is 3. The highest BCUT2D eigenvalue weighted by atomic mass is 19.4. The topological polar surface area (TPSA) is 42.1 Å². The molecule has 0 atom stereocenters. The molecule has 2 rings (SSSR count). The average Bonchev–Trinajstić information content (AvgIpc) is 2.12. The Labute approximate surface area is 84.7 Å². The molecule has 1 aliphatic heterocycles. The van der Waals surface area contributed by atoms with Crippen LogP contribution in [-0.4, -0.2) is 24.1 Å². The van der Waals surface area contributed by atoms with E-state index in [1.807, 2.05) is 0 Å². The van der Waals surface area contributed by atoms with E-state index >= 15 is 0 Å². The Bertz CT molecular complexity index is 358. The Hall–Kier alpha value is -1.30. The van der Waals surface area contributed by atoms with Gasteiger partial charge >= 0.3 is 6.18 Å². The minimum Gasteiger partial charge on any atom is -0.353 e. The van der Waals surface area contributed by atoms with Crippen molar-refractivity contribution in [2.45, 2.75) is 12.2 Å². The second kappa shape index (κ2) is 3.37. The zero-order valence-electron chi connectivity index (χ0n) is 7.83. The quantitative estimate of drug-likeness (QED) is 0.769. The lowest BCUT2D eigenvalue weighted by Crippen LogP contribution is -2.56. The second-order valence-electron chi connectivity index (χ2n) is 3.54. The number of aromatic nitrogens is 1. The lowest BCUT2D eigenvalue weighted by atomic mass is 10.1. The summed E-state index contributed by atoms with van der Waals surface area (Å²) in [6.45, 7) is 0.861. The molecule has 2 heterocycles. The van der Waals surface area contributed by atoms with Crippen molar-refractivity contribution in [3.05, 3.63) is 23.9 Å². The molecule has 1 aromatic rings. The number of hydrogen-bond donors (Lipinski definition) is 1. The van der Waals surface area contributed by atoms with Crippen molar-refractivity contribution in [3.63, 3.8) is 0 Å². The van der Waals surface area contributed by atoms with E-state index in [1.54, 1.807) is 0 Å². The Kier molecular flexibility index (Phi) is 2.30. The summed E-state index contributed by atoms with van der Waals surface area (Å²) >= 11 is 0. The maximum absolute atomic E-state index is 12.6. The monoisotopic (exact) mass is 217 g/mol. The van der Waals surface area contributed by atoms with Gasteiger partial charge in [-0.25, -0.2) is 4.98 Å². The summed E-state index contributed by atoms with van der Waals surface area (Å²) in [5.74, 6) is -0.0216. The number of nitrogens with zero attached hydrogens (tertiary/aromatic N) is 2. The molecule has 0 bridgehead atoms. The molecule has 1 aromatic heterocycles. The Morgan fingerprint density at radius 1 is 1.40 bits per heavy atom. The lowest BCUT2D eigenvalue weighted by molar-refractivity contribution is -0.137. The summed E-state index contributed by atoms with van der Waals surface area (Å²) in [6.07, 6.45) is -3.00. The van der Waals surface area contributed by atoms with Crippen LogP contribution in [0.3, 0.4) is 0 Å². The molecule has 1 aliphatic rings. The Morgan fingerprint density at radius 3 is 2.60 bits per heavy atom. The van der Waals surface area contributed by atoms with Crippen LogP contribution in [0.15, 0.2) is 18.3 Å². The molecule has 0 aromatic carbocycles. The molecule has 0 aliphatic carbocycles. The van der Waals surface area contributed by atoms with Crippen molar-refractivity contribution in [2.24, 2.45) is 5.73 Å². The van der Waals surface area contributed by atoms with Crippen LogP contribution in [0.2, 0.25) is 0 Å². The molecular weight excluding hydrogens is 207 g/mol. The fourth-order valence-corrected chi connectivity index (χ4v) is 1.56. The van der Waals surface area contributed by atoms with Gasteiger partial charge in [-0.3, -0.25) is 0 Å². The van der Waals surface area contributed by atoms with Crippen molar-refractivity contribution in [3.8, 4) is 0 Å². The smallest absolute Gasteiger partial charge is 0.353 e. The Morgan fingerprint density at radius 2 is 2.07 bits per heavy atom. The summed E-state index contributed by atoms with van der Waals surface area (Å²) in [4.78, 5) is 5.29. The van der Waals surface area contributed by atoms with Gasteiger partial charge in [0.1, 0.15) is 5.82 Å². The standard InChI is InChI=1S/C9H10F3N3/c10-9(11,12)7-2-1-3-14-8(7)15-4-6(13)5-15/h1-3,6H,4-5,13H2. The molecule has 2 N–H and O–H groups in total. The number of nitrogens with two attached hydrogens (primary N) is 1. The van der Waals surface area contributed by atoms with Crippen molar-refractivity contribution in [2.75, 3.05) is 18.0 Å². The van der Waals surface area contributed by atoms with E-state index in [0.29, 0.717) is 13.1 Å². The maximum atomic E-state index is 12.6. The van der Waals surface area contributed by atoms with E-state index in [-0.39, 0.29) is 11.9 Å². The molecule has 15 heavy (non-hydrogen) atoms. The molecule has 82 valence electrons. The molecule has 0 unspecified atom stereocenters. The van der Waals surface area contributed by atoms with Gasteiger partial charge in [-0.1, -0.05) is 0 Å². The van der Waals surface area contributed by atoms with Gasteiger partial charge in [0.05, 0.1) is 5.56 Å². The summed E-state index contributed by atoms with van der Waals surface area (Å²) in [5.41, 5.74) is 4.82. The summed E-state index contributed by atoms with van der Waals surface area (Å²) in [7, 11) is 0. The SMILES string of the molecule is NC1CN(c2ncccc2C(F)(F)F)C1. The molecule has 0 radical (unpaired) electrons. The van der Waals surface area contributed by atoms with E-state index < -0.39 is 11.7 Å². The van der Waals surface area contributed by atoms with Crippen molar-refractivity contribution in [1.29, 1.82) is 0 Å². The van der Waals surface area contributed by atoms with Gasteiger partial charge < -0.3 is 10.6 Å². The summed E-state index contributed by atoms with van der Waals surface area (Å²) in [5, 5.41) is 0. The number of pyridine rings is 1. The van der Waals surface area contributed by atoms with Gasteiger partial charge in [-0.15, -0.1) is 0 Å². The zero-order chi connectivity index (χ0) is 11.1. The summed E-state index contributed by atoms with van der Waals surface area (Å²) < 4.78 is 37.7. The van der Waals surface area contributed by atoms with Gasteiger partial charge in [0.25, 0.3) is 0 Å².